The maximum Gasteiger partial charge on any atom is 0.00546 e. The summed E-state index contributed by atoms with van der Waals surface area (Å²) in [6, 6.07) is 11.5. The van der Waals surface area contributed by atoms with Crippen LogP contribution in [0.25, 0.3) is 0 Å². The predicted molar refractivity (Wildman–Crippen MR) is 55.3 cm³/mol. The zero-order valence-corrected chi connectivity index (χ0v) is 7.79. The second-order valence-corrected chi connectivity index (χ2v) is 3.58. The molecule has 0 nitrogen and oxygen atoms in total. The number of rotatable bonds is 1. The van der Waals surface area contributed by atoms with Crippen molar-refractivity contribution in [1.82, 2.24) is 0 Å². The van der Waals surface area contributed by atoms with Crippen molar-refractivity contribution in [3.63, 3.8) is 0 Å². The molecule has 0 saturated heterocycles. The lowest BCUT2D eigenvalue weighted by atomic mass is 9.81. The van der Waals surface area contributed by atoms with Gasteiger partial charge in [-0.1, -0.05) is 42.8 Å². The average molecular weight is 170 g/mol. The molecule has 1 aromatic rings. The average Bonchev–Trinajstić information content (AvgIpc) is 2.20. The highest BCUT2D eigenvalue weighted by molar-refractivity contribution is 5.31. The molecule has 0 N–H and O–H groups in total. The van der Waals surface area contributed by atoms with Crippen molar-refractivity contribution in [3.8, 4) is 0 Å². The SMILES string of the molecule is C=C1[CH]CCCC1c1[c]cccc1. The molecule has 0 aromatic heterocycles. The predicted octanol–water partition coefficient (Wildman–Crippen LogP) is 3.51. The molecular formula is C13H14. The molecule has 1 aromatic carbocycles. The maximum atomic E-state index is 4.10. The minimum atomic E-state index is 0.523. The highest BCUT2D eigenvalue weighted by Crippen LogP contribution is 2.34. The second kappa shape index (κ2) is 3.78. The summed E-state index contributed by atoms with van der Waals surface area (Å²) in [5.41, 5.74) is 2.57. The Bertz CT molecular complexity index is 284. The van der Waals surface area contributed by atoms with Crippen LogP contribution in [0.2, 0.25) is 0 Å². The van der Waals surface area contributed by atoms with Crippen LogP contribution in [-0.2, 0) is 0 Å². The van der Waals surface area contributed by atoms with E-state index in [1.807, 2.05) is 12.1 Å². The van der Waals surface area contributed by atoms with Gasteiger partial charge in [0.15, 0.2) is 0 Å². The fraction of sp³-hybridized carbons (Fsp3) is 0.308. The van der Waals surface area contributed by atoms with E-state index in [9.17, 15) is 0 Å². The second-order valence-electron chi connectivity index (χ2n) is 3.58. The van der Waals surface area contributed by atoms with Gasteiger partial charge in [-0.3, -0.25) is 0 Å². The van der Waals surface area contributed by atoms with Gasteiger partial charge in [-0.25, -0.2) is 0 Å². The first-order valence-corrected chi connectivity index (χ1v) is 4.86. The summed E-state index contributed by atoms with van der Waals surface area (Å²) in [4.78, 5) is 0. The fourth-order valence-corrected chi connectivity index (χ4v) is 1.92. The molecule has 0 bridgehead atoms. The molecular weight excluding hydrogens is 156 g/mol. The van der Waals surface area contributed by atoms with Gasteiger partial charge in [0.1, 0.15) is 0 Å². The van der Waals surface area contributed by atoms with Crippen LogP contribution in [0.3, 0.4) is 0 Å². The molecule has 1 unspecified atom stereocenters. The van der Waals surface area contributed by atoms with Crippen LogP contribution in [0.1, 0.15) is 30.7 Å². The van der Waals surface area contributed by atoms with Gasteiger partial charge in [-0.15, -0.1) is 0 Å². The molecule has 0 spiro atoms. The molecule has 1 atom stereocenters. The Hall–Kier alpha value is -1.04. The summed E-state index contributed by atoms with van der Waals surface area (Å²) in [6.45, 7) is 4.10. The monoisotopic (exact) mass is 170 g/mol. The van der Waals surface area contributed by atoms with E-state index in [0.717, 1.165) is 0 Å². The molecule has 2 rings (SSSR count). The Morgan fingerprint density at radius 1 is 1.38 bits per heavy atom. The van der Waals surface area contributed by atoms with E-state index in [1.54, 1.807) is 0 Å². The Morgan fingerprint density at radius 3 is 3.00 bits per heavy atom. The number of hydrogen-bond donors (Lipinski definition) is 0. The zero-order chi connectivity index (χ0) is 9.10. The van der Waals surface area contributed by atoms with E-state index < -0.39 is 0 Å². The summed E-state index contributed by atoms with van der Waals surface area (Å²) >= 11 is 0. The Morgan fingerprint density at radius 2 is 2.31 bits per heavy atom. The number of hydrogen-bond acceptors (Lipinski definition) is 0. The van der Waals surface area contributed by atoms with Gasteiger partial charge >= 0.3 is 0 Å². The van der Waals surface area contributed by atoms with Crippen LogP contribution in [0, 0.1) is 12.5 Å². The lowest BCUT2D eigenvalue weighted by Crippen LogP contribution is -2.07. The molecule has 1 fully saturated rings. The quantitative estimate of drug-likeness (QED) is 0.605. The van der Waals surface area contributed by atoms with Gasteiger partial charge in [-0.2, -0.15) is 0 Å². The third kappa shape index (κ3) is 1.82. The number of allylic oxidation sites excluding steroid dienone is 1. The highest BCUT2D eigenvalue weighted by atomic mass is 14.2. The minimum Gasteiger partial charge on any atom is -0.0989 e. The van der Waals surface area contributed by atoms with Crippen LogP contribution in [-0.4, -0.2) is 0 Å². The Labute approximate surface area is 80.3 Å². The van der Waals surface area contributed by atoms with Crippen molar-refractivity contribution >= 4 is 0 Å². The van der Waals surface area contributed by atoms with E-state index in [1.165, 1.54) is 30.4 Å². The molecule has 0 heteroatoms. The molecule has 0 heterocycles. The summed E-state index contributed by atoms with van der Waals surface area (Å²) in [6.07, 6.45) is 5.97. The van der Waals surface area contributed by atoms with Crippen molar-refractivity contribution in [3.05, 3.63) is 54.5 Å². The first-order valence-electron chi connectivity index (χ1n) is 4.86. The normalized spacial score (nSPS) is 23.1. The van der Waals surface area contributed by atoms with Crippen LogP contribution < -0.4 is 0 Å². The van der Waals surface area contributed by atoms with E-state index in [-0.39, 0.29) is 0 Å². The van der Waals surface area contributed by atoms with Crippen molar-refractivity contribution in [2.24, 2.45) is 0 Å². The van der Waals surface area contributed by atoms with E-state index in [0.29, 0.717) is 5.92 Å². The van der Waals surface area contributed by atoms with Crippen molar-refractivity contribution in [2.75, 3.05) is 0 Å². The lowest BCUT2D eigenvalue weighted by molar-refractivity contribution is 0.604. The van der Waals surface area contributed by atoms with Gasteiger partial charge in [-0.05, 0) is 30.9 Å². The standard InChI is InChI=1S/C13H14/c1-11-7-5-6-10-13(11)12-8-3-2-4-9-12/h2-4,7-8,13H,1,5-6,10H2. The molecule has 0 aliphatic heterocycles. The molecule has 0 amide bonds. The summed E-state index contributed by atoms with van der Waals surface area (Å²) in [5.74, 6) is 0.523. The van der Waals surface area contributed by atoms with Crippen LogP contribution in [0.4, 0.5) is 0 Å². The molecule has 66 valence electrons. The molecule has 1 aliphatic carbocycles. The minimum absolute atomic E-state index is 0.523. The summed E-state index contributed by atoms with van der Waals surface area (Å²) in [7, 11) is 0. The van der Waals surface area contributed by atoms with Gasteiger partial charge < -0.3 is 0 Å². The van der Waals surface area contributed by atoms with Crippen LogP contribution in [0.5, 0.6) is 0 Å². The largest absolute Gasteiger partial charge is 0.0989 e. The maximum absolute atomic E-state index is 4.10. The lowest BCUT2D eigenvalue weighted by Gasteiger charge is -2.24. The Kier molecular flexibility index (Phi) is 2.49. The van der Waals surface area contributed by atoms with Gasteiger partial charge in [0.2, 0.25) is 0 Å². The molecule has 13 heavy (non-hydrogen) atoms. The zero-order valence-electron chi connectivity index (χ0n) is 7.79. The van der Waals surface area contributed by atoms with Gasteiger partial charge in [0.25, 0.3) is 0 Å². The molecule has 1 aliphatic rings. The van der Waals surface area contributed by atoms with Gasteiger partial charge in [0, 0.05) is 5.92 Å². The molecule has 1 saturated carbocycles. The van der Waals surface area contributed by atoms with Crippen molar-refractivity contribution in [2.45, 2.75) is 25.2 Å². The third-order valence-electron chi connectivity index (χ3n) is 2.66. The van der Waals surface area contributed by atoms with Gasteiger partial charge in [0.05, 0.1) is 0 Å². The smallest absolute Gasteiger partial charge is 0.00546 e. The van der Waals surface area contributed by atoms with Crippen molar-refractivity contribution in [1.29, 1.82) is 0 Å². The summed E-state index contributed by atoms with van der Waals surface area (Å²) < 4.78 is 0. The van der Waals surface area contributed by atoms with Crippen molar-refractivity contribution < 1.29 is 0 Å². The Balaban J connectivity index is 2.20. The summed E-state index contributed by atoms with van der Waals surface area (Å²) in [5, 5.41) is 0. The van der Waals surface area contributed by atoms with E-state index in [2.05, 4.69) is 31.2 Å². The highest BCUT2D eigenvalue weighted by Gasteiger charge is 2.18. The first-order chi connectivity index (χ1) is 6.38. The first kappa shape index (κ1) is 8.55. The van der Waals surface area contributed by atoms with Crippen LogP contribution in [0.15, 0.2) is 36.4 Å². The number of benzene rings is 1. The van der Waals surface area contributed by atoms with E-state index >= 15 is 0 Å². The molecule has 2 radical (unpaired) electrons. The van der Waals surface area contributed by atoms with E-state index in [4.69, 9.17) is 0 Å². The van der Waals surface area contributed by atoms with Crippen LogP contribution >= 0.6 is 0 Å². The third-order valence-corrected chi connectivity index (χ3v) is 2.66. The fourth-order valence-electron chi connectivity index (χ4n) is 1.92. The topological polar surface area (TPSA) is 0 Å².